The fourth-order valence-corrected chi connectivity index (χ4v) is 2.36. The highest BCUT2D eigenvalue weighted by Crippen LogP contribution is 2.09. The van der Waals surface area contributed by atoms with E-state index in [1.165, 1.54) is 24.5 Å². The average Bonchev–Trinajstić information content (AvgIpc) is 3.08. The van der Waals surface area contributed by atoms with Gasteiger partial charge in [-0.1, -0.05) is 20.3 Å². The van der Waals surface area contributed by atoms with Gasteiger partial charge in [0.1, 0.15) is 6.04 Å². The minimum absolute atomic E-state index is 0.0828. The third kappa shape index (κ3) is 6.65. The molecular weight excluding hydrogens is 318 g/mol. The van der Waals surface area contributed by atoms with E-state index in [2.05, 4.69) is 10.1 Å². The maximum Gasteiger partial charge on any atom is 0.331 e. The molecule has 0 saturated heterocycles. The molecule has 0 spiro atoms. The van der Waals surface area contributed by atoms with Crippen LogP contribution in [0.2, 0.25) is 0 Å². The number of ether oxygens (including phenoxy) is 2. The number of hydrogen-bond donors (Lipinski definition) is 1. The van der Waals surface area contributed by atoms with E-state index >= 15 is 0 Å². The Hall–Kier alpha value is -2.15. The van der Waals surface area contributed by atoms with Crippen LogP contribution in [-0.2, 0) is 23.9 Å². The largest absolute Gasteiger partial charge is 0.467 e. The van der Waals surface area contributed by atoms with Crippen LogP contribution >= 0.6 is 11.3 Å². The molecule has 1 aromatic rings. The van der Waals surface area contributed by atoms with Crippen molar-refractivity contribution in [3.8, 4) is 0 Å². The molecular formula is C16H21NO5S. The second-order valence-electron chi connectivity index (χ2n) is 4.95. The molecule has 1 amide bonds. The molecule has 1 aromatic heterocycles. The van der Waals surface area contributed by atoms with Crippen molar-refractivity contribution >= 4 is 35.3 Å². The summed E-state index contributed by atoms with van der Waals surface area (Å²) in [4.78, 5) is 35.0. The topological polar surface area (TPSA) is 81.7 Å². The number of thiophene rings is 1. The molecule has 7 heteroatoms. The lowest BCUT2D eigenvalue weighted by atomic mass is 9.99. The molecule has 0 saturated carbocycles. The van der Waals surface area contributed by atoms with Gasteiger partial charge in [0.25, 0.3) is 5.91 Å². The lowest BCUT2D eigenvalue weighted by Gasteiger charge is -2.21. The molecule has 0 aliphatic heterocycles. The summed E-state index contributed by atoms with van der Waals surface area (Å²) in [5.41, 5.74) is 0.888. The van der Waals surface area contributed by atoms with Crippen LogP contribution in [0.1, 0.15) is 25.8 Å². The Bertz CT molecular complexity index is 553. The Kier molecular flexibility index (Phi) is 8.04. The molecule has 0 fully saturated rings. The molecule has 0 aliphatic rings. The summed E-state index contributed by atoms with van der Waals surface area (Å²) in [6.45, 7) is 3.29. The van der Waals surface area contributed by atoms with Crippen LogP contribution in [-0.4, -0.2) is 37.6 Å². The number of esters is 2. The first-order valence-electron chi connectivity index (χ1n) is 7.22. The molecule has 1 heterocycles. The zero-order valence-electron chi connectivity index (χ0n) is 13.4. The van der Waals surface area contributed by atoms with Gasteiger partial charge in [-0.15, -0.1) is 0 Å². The van der Waals surface area contributed by atoms with Crippen molar-refractivity contribution in [3.63, 3.8) is 0 Å². The van der Waals surface area contributed by atoms with E-state index in [0.29, 0.717) is 6.42 Å². The highest BCUT2D eigenvalue weighted by atomic mass is 32.1. The number of amides is 1. The maximum atomic E-state index is 11.8. The Morgan fingerprint density at radius 3 is 2.70 bits per heavy atom. The van der Waals surface area contributed by atoms with Gasteiger partial charge in [-0.05, 0) is 34.4 Å². The molecule has 0 unspecified atom stereocenters. The highest BCUT2D eigenvalue weighted by molar-refractivity contribution is 7.08. The number of rotatable bonds is 8. The third-order valence-electron chi connectivity index (χ3n) is 3.29. The fraction of sp³-hybridized carbons (Fsp3) is 0.438. The lowest BCUT2D eigenvalue weighted by molar-refractivity contribution is -0.148. The van der Waals surface area contributed by atoms with Gasteiger partial charge >= 0.3 is 11.9 Å². The molecule has 1 N–H and O–H groups in total. The first-order chi connectivity index (χ1) is 11.0. The van der Waals surface area contributed by atoms with E-state index in [9.17, 15) is 14.4 Å². The van der Waals surface area contributed by atoms with Crippen molar-refractivity contribution in [2.75, 3.05) is 13.7 Å². The average molecular weight is 339 g/mol. The van der Waals surface area contributed by atoms with E-state index in [4.69, 9.17) is 4.74 Å². The van der Waals surface area contributed by atoms with E-state index in [0.717, 1.165) is 5.56 Å². The predicted octanol–water partition coefficient (Wildman–Crippen LogP) is 2.01. The molecule has 6 nitrogen and oxygen atoms in total. The zero-order chi connectivity index (χ0) is 17.2. The zero-order valence-corrected chi connectivity index (χ0v) is 14.2. The second-order valence-corrected chi connectivity index (χ2v) is 5.73. The van der Waals surface area contributed by atoms with Gasteiger partial charge in [0.2, 0.25) is 0 Å². The van der Waals surface area contributed by atoms with Crippen LogP contribution in [0.25, 0.3) is 6.08 Å². The minimum atomic E-state index is -0.752. The van der Waals surface area contributed by atoms with Gasteiger partial charge < -0.3 is 14.8 Å². The summed E-state index contributed by atoms with van der Waals surface area (Å²) in [6.07, 6.45) is 3.55. The fourth-order valence-electron chi connectivity index (χ4n) is 1.73. The molecule has 0 bridgehead atoms. The SMILES string of the molecule is CC[C@@H](C)[C@@H](NC(=O)COC(=O)/C=C/c1ccsc1)C(=O)OC. The highest BCUT2D eigenvalue weighted by Gasteiger charge is 2.26. The van der Waals surface area contributed by atoms with Crippen molar-refractivity contribution in [3.05, 3.63) is 28.5 Å². The van der Waals surface area contributed by atoms with E-state index in [1.54, 1.807) is 6.08 Å². The summed E-state index contributed by atoms with van der Waals surface area (Å²) in [6, 6.07) is 1.10. The standard InChI is InChI=1S/C16H21NO5S/c1-4-11(2)15(16(20)21-3)17-13(18)9-22-14(19)6-5-12-7-8-23-10-12/h5-8,10-11,15H,4,9H2,1-3H3,(H,17,18)/b6-5+/t11-,15-/m1/s1. The van der Waals surface area contributed by atoms with Crippen molar-refractivity contribution in [1.29, 1.82) is 0 Å². The first kappa shape index (κ1) is 18.9. The van der Waals surface area contributed by atoms with Crippen molar-refractivity contribution in [1.82, 2.24) is 5.32 Å². The van der Waals surface area contributed by atoms with Crippen molar-refractivity contribution in [2.45, 2.75) is 26.3 Å². The Morgan fingerprint density at radius 2 is 2.13 bits per heavy atom. The monoisotopic (exact) mass is 339 g/mol. The summed E-state index contributed by atoms with van der Waals surface area (Å²) < 4.78 is 9.51. The second kappa shape index (κ2) is 9.78. The number of carbonyl (C=O) groups excluding carboxylic acids is 3. The lowest BCUT2D eigenvalue weighted by Crippen LogP contribution is -2.47. The maximum absolute atomic E-state index is 11.8. The first-order valence-corrected chi connectivity index (χ1v) is 8.16. The quantitative estimate of drug-likeness (QED) is 0.579. The van der Waals surface area contributed by atoms with Crippen LogP contribution < -0.4 is 5.32 Å². The van der Waals surface area contributed by atoms with Gasteiger partial charge in [0.15, 0.2) is 6.61 Å². The molecule has 23 heavy (non-hydrogen) atoms. The van der Waals surface area contributed by atoms with Crippen LogP contribution in [0.15, 0.2) is 22.9 Å². The summed E-state index contributed by atoms with van der Waals surface area (Å²) >= 11 is 1.51. The molecule has 0 aliphatic carbocycles. The van der Waals surface area contributed by atoms with E-state index < -0.39 is 30.5 Å². The summed E-state index contributed by atoms with van der Waals surface area (Å²) in [5, 5.41) is 6.30. The van der Waals surface area contributed by atoms with Crippen LogP contribution in [0.4, 0.5) is 0 Å². The van der Waals surface area contributed by atoms with Gasteiger partial charge in [0, 0.05) is 6.08 Å². The summed E-state index contributed by atoms with van der Waals surface area (Å²) in [5.74, 6) is -1.76. The van der Waals surface area contributed by atoms with Gasteiger partial charge in [-0.3, -0.25) is 4.79 Å². The number of carbonyl (C=O) groups is 3. The third-order valence-corrected chi connectivity index (χ3v) is 3.99. The normalized spacial score (nSPS) is 13.3. The minimum Gasteiger partial charge on any atom is -0.467 e. The van der Waals surface area contributed by atoms with Gasteiger partial charge in [0.05, 0.1) is 7.11 Å². The predicted molar refractivity (Wildman–Crippen MR) is 87.7 cm³/mol. The Morgan fingerprint density at radius 1 is 1.39 bits per heavy atom. The molecule has 0 aromatic carbocycles. The number of nitrogens with one attached hydrogen (secondary N) is 1. The Balaban J connectivity index is 2.45. The molecule has 2 atom stereocenters. The number of methoxy groups -OCH3 is 1. The Labute approximate surface area is 139 Å². The van der Waals surface area contributed by atoms with Crippen molar-refractivity contribution < 1.29 is 23.9 Å². The van der Waals surface area contributed by atoms with Crippen LogP contribution in [0.3, 0.4) is 0 Å². The number of hydrogen-bond acceptors (Lipinski definition) is 6. The molecule has 0 radical (unpaired) electrons. The van der Waals surface area contributed by atoms with E-state index in [-0.39, 0.29) is 5.92 Å². The van der Waals surface area contributed by atoms with Gasteiger partial charge in [-0.25, -0.2) is 9.59 Å². The summed E-state index contributed by atoms with van der Waals surface area (Å²) in [7, 11) is 1.26. The van der Waals surface area contributed by atoms with Crippen LogP contribution in [0, 0.1) is 5.92 Å². The smallest absolute Gasteiger partial charge is 0.331 e. The molecule has 126 valence electrons. The van der Waals surface area contributed by atoms with E-state index in [1.807, 2.05) is 30.7 Å². The van der Waals surface area contributed by atoms with Gasteiger partial charge in [-0.2, -0.15) is 11.3 Å². The van der Waals surface area contributed by atoms with Crippen LogP contribution in [0.5, 0.6) is 0 Å². The van der Waals surface area contributed by atoms with Crippen molar-refractivity contribution in [2.24, 2.45) is 5.92 Å². The molecule has 1 rings (SSSR count).